The van der Waals surface area contributed by atoms with Crippen LogP contribution in [0, 0.1) is 10.1 Å². The number of aromatic hydroxyl groups is 2. The molecule has 0 atom stereocenters. The van der Waals surface area contributed by atoms with Crippen molar-refractivity contribution in [3.05, 3.63) is 58.1 Å². The van der Waals surface area contributed by atoms with E-state index in [1.807, 2.05) is 0 Å². The number of rotatable bonds is 3. The summed E-state index contributed by atoms with van der Waals surface area (Å²) in [5, 5.41) is 29.8. The van der Waals surface area contributed by atoms with Gasteiger partial charge < -0.3 is 14.9 Å². The summed E-state index contributed by atoms with van der Waals surface area (Å²) in [4.78, 5) is 22.0. The smallest absolute Gasteiger partial charge is 0.350 e. The Labute approximate surface area is 112 Å². The van der Waals surface area contributed by atoms with Crippen LogP contribution in [0.15, 0.2) is 42.5 Å². The van der Waals surface area contributed by atoms with Crippen molar-refractivity contribution in [3.63, 3.8) is 0 Å². The summed E-state index contributed by atoms with van der Waals surface area (Å²) in [7, 11) is 0. The molecule has 102 valence electrons. The van der Waals surface area contributed by atoms with Gasteiger partial charge in [-0.05, 0) is 18.2 Å². The first-order chi connectivity index (χ1) is 9.50. The van der Waals surface area contributed by atoms with E-state index in [1.54, 1.807) is 0 Å². The fraction of sp³-hybridized carbons (Fsp3) is 0. The molecule has 0 aliphatic rings. The van der Waals surface area contributed by atoms with Crippen LogP contribution in [-0.4, -0.2) is 21.1 Å². The number of nitro groups is 1. The first-order valence-corrected chi connectivity index (χ1v) is 5.47. The van der Waals surface area contributed by atoms with Gasteiger partial charge in [0.1, 0.15) is 5.56 Å². The summed E-state index contributed by atoms with van der Waals surface area (Å²) in [6.45, 7) is 0. The highest BCUT2D eigenvalue weighted by molar-refractivity contribution is 5.95. The average Bonchev–Trinajstić information content (AvgIpc) is 2.43. The van der Waals surface area contributed by atoms with Gasteiger partial charge in [-0.25, -0.2) is 4.79 Å². The average molecular weight is 275 g/mol. The zero-order valence-corrected chi connectivity index (χ0v) is 10.0. The van der Waals surface area contributed by atoms with E-state index in [9.17, 15) is 25.1 Å². The topological polar surface area (TPSA) is 110 Å². The summed E-state index contributed by atoms with van der Waals surface area (Å²) in [5.41, 5.74) is -0.701. The van der Waals surface area contributed by atoms with Gasteiger partial charge >= 0.3 is 5.97 Å². The zero-order chi connectivity index (χ0) is 14.7. The SMILES string of the molecule is O=C(Oc1c(O)cccc1O)c1ccccc1[N+](=O)[O-]. The lowest BCUT2D eigenvalue weighted by molar-refractivity contribution is -0.385. The molecule has 0 saturated carbocycles. The molecular weight excluding hydrogens is 266 g/mol. The molecule has 0 unspecified atom stereocenters. The van der Waals surface area contributed by atoms with Crippen LogP contribution in [0.4, 0.5) is 5.69 Å². The highest BCUT2D eigenvalue weighted by Gasteiger charge is 2.23. The molecule has 7 heteroatoms. The second-order valence-corrected chi connectivity index (χ2v) is 3.79. The molecule has 2 N–H and O–H groups in total. The highest BCUT2D eigenvalue weighted by Crippen LogP contribution is 2.36. The minimum atomic E-state index is -1.05. The Morgan fingerprint density at radius 3 is 2.25 bits per heavy atom. The van der Waals surface area contributed by atoms with Gasteiger partial charge in [-0.1, -0.05) is 18.2 Å². The summed E-state index contributed by atoms with van der Waals surface area (Å²) in [5.74, 6) is -2.39. The Bertz CT molecular complexity index is 662. The Morgan fingerprint density at radius 1 is 1.05 bits per heavy atom. The third-order valence-electron chi connectivity index (χ3n) is 2.49. The van der Waals surface area contributed by atoms with Crippen molar-refractivity contribution in [2.75, 3.05) is 0 Å². The van der Waals surface area contributed by atoms with Crippen molar-refractivity contribution in [2.45, 2.75) is 0 Å². The predicted octanol–water partition coefficient (Wildman–Crippen LogP) is 2.23. The summed E-state index contributed by atoms with van der Waals surface area (Å²) in [6.07, 6.45) is 0. The molecule has 2 aromatic rings. The summed E-state index contributed by atoms with van der Waals surface area (Å²) < 4.78 is 4.81. The summed E-state index contributed by atoms with van der Waals surface area (Å²) in [6, 6.07) is 9.00. The second kappa shape index (κ2) is 5.27. The van der Waals surface area contributed by atoms with Crippen LogP contribution in [0.3, 0.4) is 0 Å². The number of esters is 1. The van der Waals surface area contributed by atoms with Gasteiger partial charge in [-0.3, -0.25) is 10.1 Å². The zero-order valence-electron chi connectivity index (χ0n) is 10.0. The second-order valence-electron chi connectivity index (χ2n) is 3.79. The molecule has 2 rings (SSSR count). The van der Waals surface area contributed by atoms with E-state index >= 15 is 0 Å². The molecule has 7 nitrogen and oxygen atoms in total. The maximum absolute atomic E-state index is 11.9. The van der Waals surface area contributed by atoms with Crippen molar-refractivity contribution in [1.82, 2.24) is 0 Å². The van der Waals surface area contributed by atoms with Crippen molar-refractivity contribution in [3.8, 4) is 17.2 Å². The van der Waals surface area contributed by atoms with Gasteiger partial charge in [-0.2, -0.15) is 0 Å². The maximum atomic E-state index is 11.9. The Hall–Kier alpha value is -3.09. The number of nitrogens with zero attached hydrogens (tertiary/aromatic N) is 1. The van der Waals surface area contributed by atoms with E-state index in [0.29, 0.717) is 0 Å². The van der Waals surface area contributed by atoms with Crippen molar-refractivity contribution in [2.24, 2.45) is 0 Å². The lowest BCUT2D eigenvalue weighted by atomic mass is 10.2. The summed E-state index contributed by atoms with van der Waals surface area (Å²) >= 11 is 0. The van der Waals surface area contributed by atoms with Crippen LogP contribution in [0.5, 0.6) is 17.2 Å². The van der Waals surface area contributed by atoms with Crippen LogP contribution in [-0.2, 0) is 0 Å². The van der Waals surface area contributed by atoms with Crippen LogP contribution in [0.25, 0.3) is 0 Å². The Kier molecular flexibility index (Phi) is 3.52. The predicted molar refractivity (Wildman–Crippen MR) is 67.8 cm³/mol. The number of phenolic OH excluding ortho intramolecular Hbond substituents is 2. The van der Waals surface area contributed by atoms with Gasteiger partial charge in [0.2, 0.25) is 5.75 Å². The number of carbonyl (C=O) groups is 1. The highest BCUT2D eigenvalue weighted by atomic mass is 16.6. The molecule has 0 heterocycles. The van der Waals surface area contributed by atoms with Crippen molar-refractivity contribution < 1.29 is 24.7 Å². The van der Waals surface area contributed by atoms with Crippen molar-refractivity contribution >= 4 is 11.7 Å². The van der Waals surface area contributed by atoms with E-state index in [0.717, 1.165) is 6.07 Å². The molecule has 0 spiro atoms. The molecule has 20 heavy (non-hydrogen) atoms. The number of hydrogen-bond acceptors (Lipinski definition) is 6. The number of nitro benzene ring substituents is 1. The monoisotopic (exact) mass is 275 g/mol. The van der Waals surface area contributed by atoms with Crippen LogP contribution < -0.4 is 4.74 Å². The van der Waals surface area contributed by atoms with Crippen molar-refractivity contribution in [1.29, 1.82) is 0 Å². The number of carbonyl (C=O) groups excluding carboxylic acids is 1. The Morgan fingerprint density at radius 2 is 1.65 bits per heavy atom. The molecule has 0 aliphatic heterocycles. The third kappa shape index (κ3) is 2.51. The number of para-hydroxylation sites is 2. The van der Waals surface area contributed by atoms with E-state index < -0.39 is 33.8 Å². The van der Waals surface area contributed by atoms with E-state index in [2.05, 4.69) is 0 Å². The molecule has 0 saturated heterocycles. The molecule has 0 radical (unpaired) electrons. The van der Waals surface area contributed by atoms with Crippen LogP contribution in [0.1, 0.15) is 10.4 Å². The molecule has 0 aliphatic carbocycles. The molecule has 0 bridgehead atoms. The largest absolute Gasteiger partial charge is 0.504 e. The minimum absolute atomic E-state index is 0.278. The van der Waals surface area contributed by atoms with E-state index in [1.165, 1.54) is 36.4 Å². The van der Waals surface area contributed by atoms with Gasteiger partial charge in [0, 0.05) is 6.07 Å². The standard InChI is InChI=1S/C13H9NO6/c15-10-6-3-7-11(16)12(10)20-13(17)8-4-1-2-5-9(8)14(18)19/h1-7,15-16H. The lowest BCUT2D eigenvalue weighted by Crippen LogP contribution is -2.11. The molecule has 0 aromatic heterocycles. The van der Waals surface area contributed by atoms with E-state index in [4.69, 9.17) is 4.74 Å². The van der Waals surface area contributed by atoms with Gasteiger partial charge in [0.05, 0.1) is 4.92 Å². The number of ether oxygens (including phenoxy) is 1. The minimum Gasteiger partial charge on any atom is -0.504 e. The quantitative estimate of drug-likeness (QED) is 0.384. The van der Waals surface area contributed by atoms with Crippen LogP contribution >= 0.6 is 0 Å². The van der Waals surface area contributed by atoms with Gasteiger partial charge in [-0.15, -0.1) is 0 Å². The number of hydrogen-bond donors (Lipinski definition) is 2. The molecule has 0 amide bonds. The number of phenols is 2. The first-order valence-electron chi connectivity index (χ1n) is 5.47. The van der Waals surface area contributed by atoms with Crippen LogP contribution in [0.2, 0.25) is 0 Å². The maximum Gasteiger partial charge on any atom is 0.350 e. The van der Waals surface area contributed by atoms with Gasteiger partial charge in [0.15, 0.2) is 11.5 Å². The molecule has 2 aromatic carbocycles. The third-order valence-corrected chi connectivity index (χ3v) is 2.49. The first kappa shape index (κ1) is 13.3. The normalized spacial score (nSPS) is 10.0. The fourth-order valence-electron chi connectivity index (χ4n) is 1.57. The van der Waals surface area contributed by atoms with E-state index in [-0.39, 0.29) is 5.56 Å². The van der Waals surface area contributed by atoms with Gasteiger partial charge in [0.25, 0.3) is 5.69 Å². The fourth-order valence-corrected chi connectivity index (χ4v) is 1.57. The lowest BCUT2D eigenvalue weighted by Gasteiger charge is -2.08. The number of benzene rings is 2. The Balaban J connectivity index is 2.36. The molecular formula is C13H9NO6. The molecule has 0 fully saturated rings.